The molecule has 1 rings (SSSR count). The molecule has 1 aliphatic heterocycles. The minimum absolute atomic E-state index is 0.0947. The zero-order valence-corrected chi connectivity index (χ0v) is 52.5. The lowest BCUT2D eigenvalue weighted by Gasteiger charge is -2.41. The van der Waals surface area contributed by atoms with Gasteiger partial charge in [0.1, 0.15) is 24.4 Å². The average Bonchev–Trinajstić information content (AvgIpc) is 3.52. The second-order valence-electron chi connectivity index (χ2n) is 22.5. The number of hydrogen-bond donors (Lipinski definition) is 6. The van der Waals surface area contributed by atoms with Crippen LogP contribution in [0, 0.1) is 0 Å². The van der Waals surface area contributed by atoms with E-state index in [-0.39, 0.29) is 19.4 Å². The van der Waals surface area contributed by atoms with Gasteiger partial charge >= 0.3 is 5.97 Å². The van der Waals surface area contributed by atoms with Crippen LogP contribution < -0.4 is 5.32 Å². The zero-order chi connectivity index (χ0) is 60.3. The number of rotatable bonds is 55. The van der Waals surface area contributed by atoms with Crippen LogP contribution >= 0.6 is 0 Å². The highest BCUT2D eigenvalue weighted by molar-refractivity contribution is 5.80. The molecule has 0 bridgehead atoms. The third-order valence-corrected chi connectivity index (χ3v) is 14.8. The number of ether oxygens (including phenoxy) is 3. The highest BCUT2D eigenvalue weighted by Gasteiger charge is 2.47. The Morgan fingerprint density at radius 3 is 1.33 bits per heavy atom. The van der Waals surface area contributed by atoms with Gasteiger partial charge in [-0.3, -0.25) is 9.59 Å². The van der Waals surface area contributed by atoms with Gasteiger partial charge in [-0.25, -0.2) is 0 Å². The third-order valence-electron chi connectivity index (χ3n) is 14.8. The van der Waals surface area contributed by atoms with Crippen LogP contribution in [0.15, 0.2) is 122 Å². The van der Waals surface area contributed by atoms with E-state index in [0.29, 0.717) is 12.8 Å². The SMILES string of the molecule is CC/C=C\C/C=C\C/C=C\C/C=C\C/C=C\CCCCCCCCC(O)C(=O)NC(COC1OC(CO)C(O)C(O)C1OC(=O)CCCCCCC/C=C\C/C=C\C/C=C\C/C=C\CCCCC)C(O)/C=C/CCCCCCCCCCC. The Bertz CT molecular complexity index is 1810. The zero-order valence-electron chi connectivity index (χ0n) is 52.5. The van der Waals surface area contributed by atoms with Crippen molar-refractivity contribution in [3.05, 3.63) is 122 Å². The number of aliphatic hydroxyl groups is 5. The number of unbranched alkanes of at least 4 members (excludes halogenated alkanes) is 23. The summed E-state index contributed by atoms with van der Waals surface area (Å²) in [6.07, 6.45) is 70.8. The molecule has 0 aliphatic carbocycles. The molecule has 11 heteroatoms. The number of carbonyl (C=O) groups excluding carboxylic acids is 2. The van der Waals surface area contributed by atoms with Crippen LogP contribution in [0.4, 0.5) is 0 Å². The van der Waals surface area contributed by atoms with Crippen molar-refractivity contribution in [1.29, 1.82) is 0 Å². The molecular formula is C72H121NO10. The number of aliphatic hydroxyl groups excluding tert-OH is 5. The molecule has 0 spiro atoms. The van der Waals surface area contributed by atoms with Crippen molar-refractivity contribution in [3.63, 3.8) is 0 Å². The number of nitrogens with one attached hydrogen (secondary N) is 1. The van der Waals surface area contributed by atoms with Gasteiger partial charge < -0.3 is 45.1 Å². The van der Waals surface area contributed by atoms with Crippen molar-refractivity contribution in [2.45, 2.75) is 307 Å². The standard InChI is InChI=1S/C72H121NO10/c1-4-7-10-13-16-19-22-24-26-28-30-32-34-35-37-39-41-44-47-50-53-56-59-65(76)71(80)73-63(64(75)58-55-52-49-46-43-21-18-15-12-9-6-3)62-81-72-70(69(79)68(78)66(61-74)82-72)83-67(77)60-57-54-51-48-45-42-40-38-36-33-31-29-27-25-23-20-17-14-11-8-5-2/h7,10,16-17,19-20,24-27,30-33,35,37-38,40,55,58,63-66,68-70,72,74-76,78-79H,4-6,8-9,11-15,18,21-23,28-29,34,36,39,41-54,56-57,59-62H2,1-3H3,(H,73,80)/b10-7-,19-16-,20-17-,26-24-,27-25-,32-30-,33-31-,37-35-,40-38-,58-55+. The third kappa shape index (κ3) is 46.0. The predicted molar refractivity (Wildman–Crippen MR) is 347 cm³/mol. The monoisotopic (exact) mass is 1160 g/mol. The smallest absolute Gasteiger partial charge is 0.306 e. The molecule has 8 atom stereocenters. The maximum absolute atomic E-state index is 13.5. The molecule has 83 heavy (non-hydrogen) atoms. The molecule has 0 aromatic carbocycles. The highest BCUT2D eigenvalue weighted by atomic mass is 16.7. The molecule has 0 aromatic rings. The Labute approximate surface area is 506 Å². The van der Waals surface area contributed by atoms with Gasteiger partial charge in [-0.2, -0.15) is 0 Å². The molecule has 1 fully saturated rings. The summed E-state index contributed by atoms with van der Waals surface area (Å²) >= 11 is 0. The molecule has 0 saturated carbocycles. The number of allylic oxidation sites excluding steroid dienone is 19. The quantitative estimate of drug-likeness (QED) is 0.0195. The Kier molecular flexibility index (Phi) is 54.3. The van der Waals surface area contributed by atoms with Gasteiger partial charge in [-0.15, -0.1) is 0 Å². The molecule has 474 valence electrons. The molecule has 6 N–H and O–H groups in total. The summed E-state index contributed by atoms with van der Waals surface area (Å²) in [6, 6.07) is -1.04. The first-order valence-corrected chi connectivity index (χ1v) is 33.3. The van der Waals surface area contributed by atoms with Crippen molar-refractivity contribution in [2.75, 3.05) is 13.2 Å². The average molecular weight is 1160 g/mol. The summed E-state index contributed by atoms with van der Waals surface area (Å²) in [4.78, 5) is 26.6. The topological polar surface area (TPSA) is 175 Å². The molecule has 1 aliphatic rings. The Balaban J connectivity index is 2.64. The predicted octanol–water partition coefficient (Wildman–Crippen LogP) is 16.6. The van der Waals surface area contributed by atoms with E-state index in [9.17, 15) is 35.1 Å². The van der Waals surface area contributed by atoms with E-state index in [1.807, 2.05) is 6.08 Å². The van der Waals surface area contributed by atoms with Crippen molar-refractivity contribution >= 4 is 11.9 Å². The van der Waals surface area contributed by atoms with Crippen LogP contribution in [0.3, 0.4) is 0 Å². The fourth-order valence-corrected chi connectivity index (χ4v) is 9.60. The van der Waals surface area contributed by atoms with Gasteiger partial charge in [0, 0.05) is 6.42 Å². The van der Waals surface area contributed by atoms with E-state index in [4.69, 9.17) is 14.2 Å². The van der Waals surface area contributed by atoms with E-state index in [2.05, 4.69) is 135 Å². The fourth-order valence-electron chi connectivity index (χ4n) is 9.60. The first-order chi connectivity index (χ1) is 40.7. The van der Waals surface area contributed by atoms with Crippen LogP contribution in [0.25, 0.3) is 0 Å². The second-order valence-corrected chi connectivity index (χ2v) is 22.5. The normalized spacial score (nSPS) is 19.3. The van der Waals surface area contributed by atoms with Crippen LogP contribution in [-0.2, 0) is 23.8 Å². The molecule has 0 radical (unpaired) electrons. The van der Waals surface area contributed by atoms with E-state index in [1.165, 1.54) is 64.2 Å². The summed E-state index contributed by atoms with van der Waals surface area (Å²) in [5, 5.41) is 57.1. The summed E-state index contributed by atoms with van der Waals surface area (Å²) in [5.74, 6) is -1.23. The summed E-state index contributed by atoms with van der Waals surface area (Å²) < 4.78 is 17.6. The van der Waals surface area contributed by atoms with Gasteiger partial charge in [-0.1, -0.05) is 258 Å². The number of esters is 1. The first-order valence-electron chi connectivity index (χ1n) is 33.3. The number of amides is 1. The van der Waals surface area contributed by atoms with Crippen molar-refractivity contribution in [1.82, 2.24) is 5.32 Å². The maximum atomic E-state index is 13.5. The lowest BCUT2D eigenvalue weighted by Crippen LogP contribution is -2.61. The van der Waals surface area contributed by atoms with Crippen molar-refractivity contribution < 1.29 is 49.3 Å². The highest BCUT2D eigenvalue weighted by Crippen LogP contribution is 2.26. The van der Waals surface area contributed by atoms with Crippen molar-refractivity contribution in [2.24, 2.45) is 0 Å². The molecule has 11 nitrogen and oxygen atoms in total. The molecular weight excluding hydrogens is 1040 g/mol. The van der Waals surface area contributed by atoms with Crippen molar-refractivity contribution in [3.8, 4) is 0 Å². The van der Waals surface area contributed by atoms with E-state index in [1.54, 1.807) is 6.08 Å². The van der Waals surface area contributed by atoms with Gasteiger partial charge in [0.25, 0.3) is 0 Å². The lowest BCUT2D eigenvalue weighted by molar-refractivity contribution is -0.305. The van der Waals surface area contributed by atoms with Gasteiger partial charge in [0.15, 0.2) is 12.4 Å². The first kappa shape index (κ1) is 77.1. The van der Waals surface area contributed by atoms with E-state index < -0.39 is 67.4 Å². The Morgan fingerprint density at radius 1 is 0.482 bits per heavy atom. The van der Waals surface area contributed by atoms with Gasteiger partial charge in [-0.05, 0) is 116 Å². The summed E-state index contributed by atoms with van der Waals surface area (Å²) in [7, 11) is 0. The molecule has 8 unspecified atom stereocenters. The number of carbonyl (C=O) groups is 2. The maximum Gasteiger partial charge on any atom is 0.306 e. The Morgan fingerprint density at radius 2 is 0.867 bits per heavy atom. The molecule has 1 amide bonds. The lowest BCUT2D eigenvalue weighted by atomic mass is 9.99. The minimum atomic E-state index is -1.63. The van der Waals surface area contributed by atoms with Crippen LogP contribution in [-0.4, -0.2) is 99.6 Å². The van der Waals surface area contributed by atoms with E-state index >= 15 is 0 Å². The fraction of sp³-hybridized carbons (Fsp3) is 0.694. The molecule has 1 saturated heterocycles. The van der Waals surface area contributed by atoms with Crippen LogP contribution in [0.2, 0.25) is 0 Å². The van der Waals surface area contributed by atoms with Gasteiger partial charge in [0.05, 0.1) is 25.4 Å². The summed E-state index contributed by atoms with van der Waals surface area (Å²) in [6.45, 7) is 5.62. The largest absolute Gasteiger partial charge is 0.454 e. The van der Waals surface area contributed by atoms with Crippen LogP contribution in [0.5, 0.6) is 0 Å². The second kappa shape index (κ2) is 58.4. The minimum Gasteiger partial charge on any atom is -0.454 e. The Hall–Kier alpha value is -3.94. The number of hydrogen-bond acceptors (Lipinski definition) is 10. The van der Waals surface area contributed by atoms with Gasteiger partial charge in [0.2, 0.25) is 5.91 Å². The molecule has 0 aromatic heterocycles. The van der Waals surface area contributed by atoms with E-state index in [0.717, 1.165) is 148 Å². The molecule has 1 heterocycles. The summed E-state index contributed by atoms with van der Waals surface area (Å²) in [5.41, 5.74) is 0. The van der Waals surface area contributed by atoms with Crippen LogP contribution in [0.1, 0.15) is 258 Å².